The number of anilines is 1. The van der Waals surface area contributed by atoms with Gasteiger partial charge in [-0.05, 0) is 58.6 Å². The van der Waals surface area contributed by atoms with E-state index in [1.165, 1.54) is 0 Å². The zero-order valence-corrected chi connectivity index (χ0v) is 17.4. The van der Waals surface area contributed by atoms with Crippen molar-refractivity contribution in [3.8, 4) is 11.1 Å². The van der Waals surface area contributed by atoms with Gasteiger partial charge in [0.05, 0.1) is 17.8 Å². The number of urea groups is 1. The minimum Gasteiger partial charge on any atom is -0.328 e. The quantitative estimate of drug-likeness (QED) is 0.436. The molecule has 1 aliphatic rings. The third-order valence-corrected chi connectivity index (χ3v) is 6.14. The lowest BCUT2D eigenvalue weighted by atomic mass is 9.87. The van der Waals surface area contributed by atoms with Gasteiger partial charge in [-0.25, -0.2) is 9.79 Å². The van der Waals surface area contributed by atoms with Gasteiger partial charge in [-0.1, -0.05) is 24.3 Å². The molecular formula is C23H19N5O2S. The second-order valence-electron chi connectivity index (χ2n) is 7.45. The van der Waals surface area contributed by atoms with Crippen molar-refractivity contribution in [1.82, 2.24) is 15.5 Å². The van der Waals surface area contributed by atoms with E-state index in [-0.39, 0.29) is 5.91 Å². The Labute approximate surface area is 182 Å². The molecule has 0 radical (unpaired) electrons. The van der Waals surface area contributed by atoms with Crippen molar-refractivity contribution >= 4 is 45.6 Å². The number of benzene rings is 2. The van der Waals surface area contributed by atoms with Gasteiger partial charge in [0.1, 0.15) is 5.92 Å². The number of hydrogen-bond acceptors (Lipinski definition) is 4. The van der Waals surface area contributed by atoms with Crippen molar-refractivity contribution in [3.05, 3.63) is 71.1 Å². The van der Waals surface area contributed by atoms with Crippen LogP contribution in [0.2, 0.25) is 0 Å². The van der Waals surface area contributed by atoms with Gasteiger partial charge in [0.2, 0.25) is 5.91 Å². The lowest BCUT2D eigenvalue weighted by Crippen LogP contribution is -2.45. The summed E-state index contributed by atoms with van der Waals surface area (Å²) >= 11 is 1.64. The van der Waals surface area contributed by atoms with Crippen LogP contribution in [0.1, 0.15) is 18.5 Å². The van der Waals surface area contributed by atoms with Crippen molar-refractivity contribution in [2.45, 2.75) is 13.0 Å². The van der Waals surface area contributed by atoms with Crippen LogP contribution in [0.4, 0.5) is 10.5 Å². The zero-order valence-electron chi connectivity index (χ0n) is 16.6. The van der Waals surface area contributed by atoms with E-state index in [4.69, 9.17) is 0 Å². The molecule has 0 saturated carbocycles. The van der Waals surface area contributed by atoms with E-state index in [1.54, 1.807) is 24.5 Å². The number of nitrogens with zero attached hydrogens (tertiary/aromatic N) is 2. The highest BCUT2D eigenvalue weighted by Crippen LogP contribution is 2.31. The number of carbonyl (C=O) groups excluding carboxylic acids is 2. The number of rotatable bonds is 4. The van der Waals surface area contributed by atoms with Crippen LogP contribution in [0, 0.1) is 5.92 Å². The van der Waals surface area contributed by atoms with Gasteiger partial charge in [-0.15, -0.1) is 0 Å². The predicted molar refractivity (Wildman–Crippen MR) is 122 cm³/mol. The Hall–Kier alpha value is -3.78. The molecule has 3 amide bonds. The molecule has 2 aromatic carbocycles. The monoisotopic (exact) mass is 429 g/mol. The molecule has 31 heavy (non-hydrogen) atoms. The average molecular weight is 430 g/mol. The molecule has 3 heterocycles. The van der Waals surface area contributed by atoms with Crippen LogP contribution >= 0.6 is 11.3 Å². The Kier molecular flexibility index (Phi) is 4.83. The van der Waals surface area contributed by atoms with Crippen molar-refractivity contribution in [1.29, 1.82) is 0 Å². The molecule has 8 heteroatoms. The van der Waals surface area contributed by atoms with Crippen LogP contribution < -0.4 is 10.6 Å². The highest BCUT2D eigenvalue weighted by atomic mass is 32.1. The molecule has 0 spiro atoms. The molecule has 3 N–H and O–H groups in total. The summed E-state index contributed by atoms with van der Waals surface area (Å²) in [5, 5.41) is 17.7. The lowest BCUT2D eigenvalue weighted by Gasteiger charge is -2.30. The third-order valence-electron chi connectivity index (χ3n) is 5.45. The van der Waals surface area contributed by atoms with Crippen LogP contribution in [-0.2, 0) is 4.79 Å². The van der Waals surface area contributed by atoms with E-state index in [2.05, 4.69) is 37.3 Å². The minimum absolute atomic E-state index is 0.226. The predicted octanol–water partition coefficient (Wildman–Crippen LogP) is 4.77. The number of amides is 3. The number of thiophene rings is 1. The number of H-pyrrole nitrogens is 1. The van der Waals surface area contributed by atoms with Crippen LogP contribution in [0.3, 0.4) is 0 Å². The molecule has 154 valence electrons. The van der Waals surface area contributed by atoms with Crippen molar-refractivity contribution in [3.63, 3.8) is 0 Å². The fraction of sp³-hybridized carbons (Fsp3) is 0.130. The average Bonchev–Trinajstić information content (AvgIpc) is 3.45. The van der Waals surface area contributed by atoms with Crippen LogP contribution in [-0.4, -0.2) is 27.8 Å². The molecular weight excluding hydrogens is 410 g/mol. The van der Waals surface area contributed by atoms with Crippen molar-refractivity contribution < 1.29 is 9.59 Å². The minimum atomic E-state index is -0.621. The number of nitrogens with one attached hydrogen (secondary N) is 3. The maximum absolute atomic E-state index is 13.2. The van der Waals surface area contributed by atoms with Gasteiger partial charge in [-0.2, -0.15) is 16.4 Å². The second-order valence-corrected chi connectivity index (χ2v) is 8.23. The number of fused-ring (bicyclic) bond motifs is 1. The second kappa shape index (κ2) is 7.81. The fourth-order valence-corrected chi connectivity index (χ4v) is 4.55. The molecule has 2 atom stereocenters. The maximum Gasteiger partial charge on any atom is 0.341 e. The van der Waals surface area contributed by atoms with E-state index in [9.17, 15) is 9.59 Å². The zero-order chi connectivity index (χ0) is 21.4. The van der Waals surface area contributed by atoms with E-state index < -0.39 is 18.0 Å². The summed E-state index contributed by atoms with van der Waals surface area (Å²) in [5.41, 5.74) is 5.13. The molecule has 2 unspecified atom stereocenters. The highest BCUT2D eigenvalue weighted by molar-refractivity contribution is 7.08. The molecule has 2 aromatic heterocycles. The number of aromatic amines is 1. The largest absolute Gasteiger partial charge is 0.341 e. The third kappa shape index (κ3) is 3.73. The summed E-state index contributed by atoms with van der Waals surface area (Å²) in [5.74, 6) is -0.847. The van der Waals surface area contributed by atoms with Gasteiger partial charge in [0, 0.05) is 16.8 Å². The van der Waals surface area contributed by atoms with E-state index in [0.29, 0.717) is 11.4 Å². The van der Waals surface area contributed by atoms with E-state index in [0.717, 1.165) is 27.6 Å². The van der Waals surface area contributed by atoms with Gasteiger partial charge in [0.15, 0.2) is 0 Å². The number of aliphatic imine (C=N–C) groups is 1. The van der Waals surface area contributed by atoms with Crippen molar-refractivity contribution in [2.24, 2.45) is 10.9 Å². The first-order valence-corrected chi connectivity index (χ1v) is 10.7. The standard InChI is InChI=1S/C23H19N5O2S/c1-13-20(22(29)26-18-6-7-19-17(10-18)11-24-28-19)21(27-23(30)25-13)15-4-2-14(3-5-15)16-8-9-31-12-16/h2-12,20-21H,1H3,(H,24,28)(H,26,29)(H,27,30). The SMILES string of the molecule is CC1=NC(=O)NC(c2ccc(-c3ccsc3)cc2)C1C(=O)Nc1ccc2[nH]ncc2c1. The molecule has 4 aromatic rings. The number of carbonyl (C=O) groups is 2. The summed E-state index contributed by atoms with van der Waals surface area (Å²) in [6, 6.07) is 14.6. The Morgan fingerprint density at radius 3 is 2.71 bits per heavy atom. The van der Waals surface area contributed by atoms with Gasteiger partial charge < -0.3 is 10.6 Å². The number of hydrogen-bond donors (Lipinski definition) is 3. The fourth-order valence-electron chi connectivity index (χ4n) is 3.89. The molecule has 0 saturated heterocycles. The molecule has 5 rings (SSSR count). The first-order chi connectivity index (χ1) is 15.1. The van der Waals surface area contributed by atoms with Gasteiger partial charge in [-0.3, -0.25) is 9.89 Å². The van der Waals surface area contributed by atoms with E-state index >= 15 is 0 Å². The number of aromatic nitrogens is 2. The molecule has 7 nitrogen and oxygen atoms in total. The molecule has 0 aliphatic carbocycles. The Morgan fingerprint density at radius 2 is 1.94 bits per heavy atom. The Morgan fingerprint density at radius 1 is 1.10 bits per heavy atom. The molecule has 0 fully saturated rings. The van der Waals surface area contributed by atoms with Crippen LogP contribution in [0.15, 0.2) is 70.5 Å². The Balaban J connectivity index is 1.43. The smallest absolute Gasteiger partial charge is 0.328 e. The summed E-state index contributed by atoms with van der Waals surface area (Å²) in [4.78, 5) is 29.3. The van der Waals surface area contributed by atoms with Crippen molar-refractivity contribution in [2.75, 3.05) is 5.32 Å². The summed E-state index contributed by atoms with van der Waals surface area (Å²) in [6.07, 6.45) is 1.70. The summed E-state index contributed by atoms with van der Waals surface area (Å²) in [7, 11) is 0. The first-order valence-electron chi connectivity index (χ1n) is 9.81. The topological polar surface area (TPSA) is 99.2 Å². The molecule has 1 aliphatic heterocycles. The normalized spacial score (nSPS) is 18.5. The Bertz CT molecular complexity index is 1290. The first kappa shape index (κ1) is 19.2. The molecule has 0 bridgehead atoms. The van der Waals surface area contributed by atoms with E-state index in [1.807, 2.05) is 47.8 Å². The van der Waals surface area contributed by atoms with Crippen LogP contribution in [0.25, 0.3) is 22.0 Å². The van der Waals surface area contributed by atoms with Gasteiger partial charge in [0.25, 0.3) is 0 Å². The summed E-state index contributed by atoms with van der Waals surface area (Å²) < 4.78 is 0. The maximum atomic E-state index is 13.2. The van der Waals surface area contributed by atoms with Crippen LogP contribution in [0.5, 0.6) is 0 Å². The highest BCUT2D eigenvalue weighted by Gasteiger charge is 2.36. The summed E-state index contributed by atoms with van der Waals surface area (Å²) in [6.45, 7) is 1.72. The van der Waals surface area contributed by atoms with Gasteiger partial charge >= 0.3 is 6.03 Å². The lowest BCUT2D eigenvalue weighted by molar-refractivity contribution is -0.118.